The second-order valence-electron chi connectivity index (χ2n) is 5.20. The van der Waals surface area contributed by atoms with Gasteiger partial charge in [0.25, 0.3) is 0 Å². The summed E-state index contributed by atoms with van der Waals surface area (Å²) in [6.07, 6.45) is 4.46. The van der Waals surface area contributed by atoms with Crippen molar-refractivity contribution in [1.29, 1.82) is 0 Å². The summed E-state index contributed by atoms with van der Waals surface area (Å²) in [7, 11) is -1.95. The second-order valence-corrected chi connectivity index (χ2v) is 6.46. The van der Waals surface area contributed by atoms with Crippen molar-refractivity contribution in [2.75, 3.05) is 18.9 Å². The van der Waals surface area contributed by atoms with Gasteiger partial charge in [0, 0.05) is 19.3 Å². The molecule has 6 nitrogen and oxygen atoms in total. The Labute approximate surface area is 132 Å². The van der Waals surface area contributed by atoms with Crippen LogP contribution in [-0.2, 0) is 10.2 Å². The molecule has 0 saturated heterocycles. The van der Waals surface area contributed by atoms with E-state index in [0.29, 0.717) is 5.84 Å². The number of anilines is 1. The normalized spacial score (nSPS) is 16.1. The predicted octanol–water partition coefficient (Wildman–Crippen LogP) is 2.47. The summed E-state index contributed by atoms with van der Waals surface area (Å²) in [5, 5.41) is 3.01. The molecule has 1 aromatic carbocycles. The van der Waals surface area contributed by atoms with Gasteiger partial charge in [0.2, 0.25) is 0 Å². The third-order valence-corrected chi connectivity index (χ3v) is 4.13. The van der Waals surface area contributed by atoms with Crippen LogP contribution in [0.5, 0.6) is 0 Å². The highest BCUT2D eigenvalue weighted by Crippen LogP contribution is 2.14. The van der Waals surface area contributed by atoms with Gasteiger partial charge in [-0.2, -0.15) is 8.42 Å². The van der Waals surface area contributed by atoms with Gasteiger partial charge < -0.3 is 10.2 Å². The number of unbranched alkanes of at least 4 members (excludes halogenated alkanes) is 3. The van der Waals surface area contributed by atoms with Gasteiger partial charge in [-0.25, -0.2) is 0 Å². The second kappa shape index (κ2) is 7.40. The van der Waals surface area contributed by atoms with Crippen LogP contribution >= 0.6 is 0 Å². The molecule has 119 valence electrons. The van der Waals surface area contributed by atoms with Gasteiger partial charge in [-0.1, -0.05) is 38.3 Å². The Kier molecular flexibility index (Phi) is 5.54. The van der Waals surface area contributed by atoms with E-state index in [1.807, 2.05) is 11.9 Å². The van der Waals surface area contributed by atoms with Gasteiger partial charge >= 0.3 is 10.2 Å². The molecular formula is C15H21N4O2S. The van der Waals surface area contributed by atoms with Crippen LogP contribution in [-0.4, -0.2) is 38.6 Å². The molecule has 7 heteroatoms. The highest BCUT2D eigenvalue weighted by Gasteiger charge is 2.27. The highest BCUT2D eigenvalue weighted by molar-refractivity contribution is 7.89. The Hall–Kier alpha value is -1.89. The maximum absolute atomic E-state index is 11.7. The van der Waals surface area contributed by atoms with E-state index in [-0.39, 0.29) is 5.84 Å². The molecule has 0 fully saturated rings. The molecule has 0 amide bonds. The summed E-state index contributed by atoms with van der Waals surface area (Å²) in [4.78, 5) is 1.83. The third kappa shape index (κ3) is 4.56. The zero-order valence-electron chi connectivity index (χ0n) is 12.9. The molecule has 1 aliphatic heterocycles. The number of benzene rings is 1. The fourth-order valence-corrected chi connectivity index (χ4v) is 2.99. The largest absolute Gasteiger partial charge is 0.367 e. The maximum Gasteiger partial charge on any atom is 0.367 e. The lowest BCUT2D eigenvalue weighted by atomic mass is 10.2. The van der Waals surface area contributed by atoms with Crippen molar-refractivity contribution >= 4 is 27.6 Å². The average Bonchev–Trinajstić information content (AvgIpc) is 2.79. The van der Waals surface area contributed by atoms with Crippen LogP contribution in [0.3, 0.4) is 0 Å². The van der Waals surface area contributed by atoms with Gasteiger partial charge in [0.15, 0.2) is 11.7 Å². The number of amidine groups is 2. The summed E-state index contributed by atoms with van der Waals surface area (Å²) in [6, 6.07) is 10.0. The van der Waals surface area contributed by atoms with Crippen LogP contribution in [0.25, 0.3) is 0 Å². The van der Waals surface area contributed by atoms with E-state index < -0.39 is 10.2 Å². The molecule has 0 aliphatic carbocycles. The molecule has 0 atom stereocenters. The van der Waals surface area contributed by atoms with Gasteiger partial charge in [0.05, 0.1) is 0 Å². The maximum atomic E-state index is 11.7. The summed E-state index contributed by atoms with van der Waals surface area (Å²) < 4.78 is 30.8. The molecular weight excluding hydrogens is 300 g/mol. The molecule has 1 heterocycles. The third-order valence-electron chi connectivity index (χ3n) is 3.31. The Bertz CT molecular complexity index is 653. The first-order valence-electron chi connectivity index (χ1n) is 7.41. The van der Waals surface area contributed by atoms with Crippen molar-refractivity contribution < 1.29 is 8.42 Å². The van der Waals surface area contributed by atoms with Gasteiger partial charge in [-0.05, 0) is 24.6 Å². The molecule has 22 heavy (non-hydrogen) atoms. The lowest BCUT2D eigenvalue weighted by Crippen LogP contribution is -2.36. The van der Waals surface area contributed by atoms with E-state index in [4.69, 9.17) is 0 Å². The molecule has 0 aromatic heterocycles. The van der Waals surface area contributed by atoms with E-state index in [0.717, 1.165) is 25.1 Å². The quantitative estimate of drug-likeness (QED) is 0.817. The Morgan fingerprint density at radius 2 is 1.91 bits per heavy atom. The van der Waals surface area contributed by atoms with E-state index in [9.17, 15) is 8.42 Å². The van der Waals surface area contributed by atoms with Crippen LogP contribution in [0.2, 0.25) is 0 Å². The van der Waals surface area contributed by atoms with Gasteiger partial charge in [0.1, 0.15) is 0 Å². The standard InChI is InChI=1S/C15H21N4O2S/c1-3-4-5-9-12-19(2)15-14(17-22(20,21)18-15)16-13-10-7-6-8-11-13/h7-8,10-11H,3-5,9,12H2,1-2H3,(H,16,17). The van der Waals surface area contributed by atoms with Crippen molar-refractivity contribution in [2.24, 2.45) is 8.80 Å². The minimum Gasteiger partial charge on any atom is -0.356 e. The molecule has 1 radical (unpaired) electrons. The predicted molar refractivity (Wildman–Crippen MR) is 89.5 cm³/mol. The van der Waals surface area contributed by atoms with Crippen LogP contribution in [0.1, 0.15) is 32.6 Å². The molecule has 0 spiro atoms. The summed E-state index contributed by atoms with van der Waals surface area (Å²) in [6.45, 7) is 2.90. The van der Waals surface area contributed by atoms with E-state index in [2.05, 4.69) is 27.1 Å². The summed E-state index contributed by atoms with van der Waals surface area (Å²) >= 11 is 0. The van der Waals surface area contributed by atoms with Crippen molar-refractivity contribution in [3.63, 3.8) is 0 Å². The van der Waals surface area contributed by atoms with Crippen LogP contribution < -0.4 is 5.32 Å². The van der Waals surface area contributed by atoms with Crippen LogP contribution in [0, 0.1) is 6.07 Å². The smallest absolute Gasteiger partial charge is 0.356 e. The summed E-state index contributed by atoms with van der Waals surface area (Å²) in [5.74, 6) is 0.633. The number of nitrogens with one attached hydrogen (secondary N) is 1. The minimum atomic E-state index is -3.78. The molecule has 0 saturated carbocycles. The monoisotopic (exact) mass is 321 g/mol. The van der Waals surface area contributed by atoms with Crippen molar-refractivity contribution in [1.82, 2.24) is 4.90 Å². The molecule has 1 aromatic rings. The number of rotatable bonds is 6. The first-order chi connectivity index (χ1) is 10.5. The van der Waals surface area contributed by atoms with Crippen molar-refractivity contribution in [3.05, 3.63) is 30.3 Å². The number of nitrogens with zero attached hydrogens (tertiary/aromatic N) is 3. The molecule has 1 N–H and O–H groups in total. The molecule has 1 aliphatic rings. The van der Waals surface area contributed by atoms with Crippen molar-refractivity contribution in [3.8, 4) is 0 Å². The van der Waals surface area contributed by atoms with E-state index in [1.54, 1.807) is 24.3 Å². The lowest BCUT2D eigenvalue weighted by Gasteiger charge is -2.19. The van der Waals surface area contributed by atoms with Gasteiger partial charge in [-0.3, -0.25) is 0 Å². The van der Waals surface area contributed by atoms with Crippen LogP contribution in [0.15, 0.2) is 33.1 Å². The Morgan fingerprint density at radius 1 is 1.18 bits per heavy atom. The number of likely N-dealkylation sites (N-methyl/N-ethyl adjacent to an activating group) is 1. The first-order valence-corrected chi connectivity index (χ1v) is 8.81. The SMILES string of the molecule is CCCCCCN(C)C1=NS(=O)(=O)N=C1Nc1cc[c]cc1. The molecule has 0 bridgehead atoms. The summed E-state index contributed by atoms with van der Waals surface area (Å²) in [5.41, 5.74) is 0.752. The first kappa shape index (κ1) is 16.5. The zero-order valence-corrected chi connectivity index (χ0v) is 13.7. The molecule has 2 rings (SSSR count). The van der Waals surface area contributed by atoms with Crippen molar-refractivity contribution in [2.45, 2.75) is 32.6 Å². The fourth-order valence-electron chi connectivity index (χ4n) is 2.15. The topological polar surface area (TPSA) is 74.1 Å². The number of hydrogen-bond donors (Lipinski definition) is 1. The van der Waals surface area contributed by atoms with E-state index in [1.165, 1.54) is 12.8 Å². The Morgan fingerprint density at radius 3 is 2.59 bits per heavy atom. The Balaban J connectivity index is 2.06. The average molecular weight is 321 g/mol. The molecule has 0 unspecified atom stereocenters. The highest BCUT2D eigenvalue weighted by atomic mass is 32.2. The van der Waals surface area contributed by atoms with Gasteiger partial charge in [-0.15, -0.1) is 8.80 Å². The lowest BCUT2D eigenvalue weighted by molar-refractivity contribution is 0.476. The fraction of sp³-hybridized carbons (Fsp3) is 0.467. The minimum absolute atomic E-state index is 0.268. The van der Waals surface area contributed by atoms with E-state index >= 15 is 0 Å². The number of hydrogen-bond acceptors (Lipinski definition) is 4. The zero-order chi connectivity index (χ0) is 16.0. The van der Waals surface area contributed by atoms with Crippen LogP contribution in [0.4, 0.5) is 5.69 Å².